The minimum atomic E-state index is -0.329. The number of fused-ring (bicyclic) bond motifs is 1. The molecule has 0 radical (unpaired) electrons. The third-order valence-electron chi connectivity index (χ3n) is 3.24. The van der Waals surface area contributed by atoms with Crippen LogP contribution in [0.3, 0.4) is 0 Å². The Morgan fingerprint density at radius 3 is 3.00 bits per heavy atom. The van der Waals surface area contributed by atoms with Crippen LogP contribution in [-0.4, -0.2) is 36.6 Å². The third-order valence-corrected chi connectivity index (χ3v) is 3.24. The van der Waals surface area contributed by atoms with Crippen LogP contribution < -0.4 is 4.74 Å². The molecule has 1 aliphatic rings. The summed E-state index contributed by atoms with van der Waals surface area (Å²) in [4.78, 5) is 12.9. The van der Waals surface area contributed by atoms with Gasteiger partial charge >= 0.3 is 0 Å². The molecule has 1 unspecified atom stereocenters. The second-order valence-electron chi connectivity index (χ2n) is 4.80. The zero-order valence-electron chi connectivity index (χ0n) is 10.8. The van der Waals surface area contributed by atoms with E-state index >= 15 is 0 Å². The highest BCUT2D eigenvalue weighted by Gasteiger charge is 2.20. The molecule has 0 fully saturated rings. The highest BCUT2D eigenvalue weighted by Crippen LogP contribution is 2.33. The minimum Gasteiger partial charge on any atom is -0.493 e. The lowest BCUT2D eigenvalue weighted by molar-refractivity contribution is -0.129. The molecule has 1 aromatic carbocycles. The number of hydrogen-bond acceptors (Lipinski definition) is 3. The number of benzene rings is 1. The quantitative estimate of drug-likeness (QED) is 0.880. The maximum Gasteiger partial charge on any atom is 0.225 e. The van der Waals surface area contributed by atoms with Crippen LogP contribution in [0.4, 0.5) is 0 Å². The number of aliphatic hydroxyl groups is 1. The van der Waals surface area contributed by atoms with Gasteiger partial charge in [0.25, 0.3) is 0 Å². The van der Waals surface area contributed by atoms with Crippen LogP contribution in [0.2, 0.25) is 0 Å². The molecule has 1 amide bonds. The fourth-order valence-electron chi connectivity index (χ4n) is 2.14. The van der Waals surface area contributed by atoms with E-state index in [0.29, 0.717) is 13.0 Å². The highest BCUT2D eigenvalue weighted by molar-refractivity contribution is 5.75. The lowest BCUT2D eigenvalue weighted by Gasteiger charge is -2.11. The molecule has 4 heteroatoms. The number of hydrogen-bond donors (Lipinski definition) is 1. The van der Waals surface area contributed by atoms with Crippen LogP contribution in [0.15, 0.2) is 18.2 Å². The molecule has 1 aromatic rings. The summed E-state index contributed by atoms with van der Waals surface area (Å²) in [6.45, 7) is 0.387. The molecule has 1 atom stereocenters. The first-order valence-electron chi connectivity index (χ1n) is 6.22. The van der Waals surface area contributed by atoms with Crippen molar-refractivity contribution in [2.75, 3.05) is 20.7 Å². The maximum absolute atomic E-state index is 11.4. The Labute approximate surface area is 107 Å². The number of ether oxygens (including phenoxy) is 1. The summed E-state index contributed by atoms with van der Waals surface area (Å²) in [6.07, 6.45) is 1.74. The highest BCUT2D eigenvalue weighted by atomic mass is 16.5. The summed E-state index contributed by atoms with van der Waals surface area (Å²) < 4.78 is 5.56. The lowest BCUT2D eigenvalue weighted by Crippen LogP contribution is -2.23. The molecule has 4 nitrogen and oxygen atoms in total. The first-order chi connectivity index (χ1) is 8.58. The van der Waals surface area contributed by atoms with Gasteiger partial charge in [-0.25, -0.2) is 0 Å². The van der Waals surface area contributed by atoms with Crippen molar-refractivity contribution in [1.29, 1.82) is 0 Å². The summed E-state index contributed by atoms with van der Waals surface area (Å²) in [5.41, 5.74) is 2.16. The van der Waals surface area contributed by atoms with E-state index in [1.807, 2.05) is 18.2 Å². The molecule has 98 valence electrons. The minimum absolute atomic E-state index is 0.0617. The second-order valence-corrected chi connectivity index (χ2v) is 4.80. The van der Waals surface area contributed by atoms with Gasteiger partial charge in [-0.1, -0.05) is 6.07 Å². The Bertz CT molecular complexity index is 443. The molecule has 0 heterocycles. The first-order valence-corrected chi connectivity index (χ1v) is 6.22. The molecule has 18 heavy (non-hydrogen) atoms. The van der Waals surface area contributed by atoms with Gasteiger partial charge in [-0.2, -0.15) is 0 Å². The Balaban J connectivity index is 1.90. The number of carbonyl (C=O) groups is 1. The Morgan fingerprint density at radius 1 is 1.50 bits per heavy atom. The van der Waals surface area contributed by atoms with Gasteiger partial charge in [0.15, 0.2) is 0 Å². The van der Waals surface area contributed by atoms with Gasteiger partial charge in [-0.05, 0) is 36.1 Å². The van der Waals surface area contributed by atoms with Crippen molar-refractivity contribution >= 4 is 5.91 Å². The predicted octanol–water partition coefficient (Wildman–Crippen LogP) is 1.52. The lowest BCUT2D eigenvalue weighted by atomic mass is 10.1. The Hall–Kier alpha value is -1.55. The van der Waals surface area contributed by atoms with Crippen LogP contribution >= 0.6 is 0 Å². The van der Waals surface area contributed by atoms with Gasteiger partial charge in [-0.15, -0.1) is 0 Å². The molecule has 0 spiro atoms. The van der Waals surface area contributed by atoms with E-state index in [2.05, 4.69) is 0 Å². The van der Waals surface area contributed by atoms with Crippen LogP contribution in [-0.2, 0) is 11.2 Å². The zero-order valence-corrected chi connectivity index (χ0v) is 10.8. The molecule has 0 saturated heterocycles. The summed E-state index contributed by atoms with van der Waals surface area (Å²) >= 11 is 0. The van der Waals surface area contributed by atoms with Gasteiger partial charge in [-0.3, -0.25) is 4.79 Å². The predicted molar refractivity (Wildman–Crippen MR) is 68.5 cm³/mol. The molecule has 2 rings (SSSR count). The van der Waals surface area contributed by atoms with Crippen LogP contribution in [0, 0.1) is 0 Å². The number of amides is 1. The summed E-state index contributed by atoms with van der Waals surface area (Å²) in [5, 5.41) is 9.69. The van der Waals surface area contributed by atoms with E-state index in [0.717, 1.165) is 29.7 Å². The topological polar surface area (TPSA) is 49.8 Å². The number of rotatable bonds is 4. The molecule has 0 bridgehead atoms. The average molecular weight is 249 g/mol. The smallest absolute Gasteiger partial charge is 0.225 e. The van der Waals surface area contributed by atoms with Crippen LogP contribution in [0.1, 0.15) is 30.1 Å². The first kappa shape index (κ1) is 12.9. The van der Waals surface area contributed by atoms with E-state index in [1.54, 1.807) is 19.0 Å². The van der Waals surface area contributed by atoms with Crippen molar-refractivity contribution < 1.29 is 14.6 Å². The van der Waals surface area contributed by atoms with Gasteiger partial charge in [0.1, 0.15) is 5.75 Å². The SMILES string of the molecule is CN(C)C(=O)CCOc1ccc2c(c1)CCC2O. The number of aryl methyl sites for hydroxylation is 1. The van der Waals surface area contributed by atoms with Crippen molar-refractivity contribution in [2.24, 2.45) is 0 Å². The number of carbonyl (C=O) groups excluding carboxylic acids is 1. The normalized spacial score (nSPS) is 17.4. The van der Waals surface area contributed by atoms with Crippen LogP contribution in [0.25, 0.3) is 0 Å². The molecule has 0 saturated carbocycles. The molecule has 1 aliphatic carbocycles. The molecular formula is C14H19NO3. The summed E-state index contributed by atoms with van der Waals surface area (Å²) in [6, 6.07) is 5.73. The monoisotopic (exact) mass is 249 g/mol. The third kappa shape index (κ3) is 2.82. The maximum atomic E-state index is 11.4. The zero-order chi connectivity index (χ0) is 13.1. The molecule has 0 aliphatic heterocycles. The van der Waals surface area contributed by atoms with E-state index in [1.165, 1.54) is 0 Å². The summed E-state index contributed by atoms with van der Waals surface area (Å²) in [7, 11) is 3.47. The molecule has 0 aromatic heterocycles. The average Bonchev–Trinajstić information content (AvgIpc) is 2.70. The van der Waals surface area contributed by atoms with E-state index in [4.69, 9.17) is 4.74 Å². The Kier molecular flexibility index (Phi) is 3.87. The van der Waals surface area contributed by atoms with Crippen molar-refractivity contribution in [3.63, 3.8) is 0 Å². The molecule has 1 N–H and O–H groups in total. The fourth-order valence-corrected chi connectivity index (χ4v) is 2.14. The van der Waals surface area contributed by atoms with E-state index in [9.17, 15) is 9.90 Å². The Morgan fingerprint density at radius 2 is 2.28 bits per heavy atom. The van der Waals surface area contributed by atoms with Crippen molar-refractivity contribution in [3.8, 4) is 5.75 Å². The van der Waals surface area contributed by atoms with Crippen molar-refractivity contribution in [3.05, 3.63) is 29.3 Å². The fraction of sp³-hybridized carbons (Fsp3) is 0.500. The largest absolute Gasteiger partial charge is 0.493 e. The van der Waals surface area contributed by atoms with E-state index in [-0.39, 0.29) is 12.0 Å². The van der Waals surface area contributed by atoms with Gasteiger partial charge in [0.2, 0.25) is 5.91 Å². The van der Waals surface area contributed by atoms with Crippen molar-refractivity contribution in [2.45, 2.75) is 25.4 Å². The second kappa shape index (κ2) is 5.40. The molecular weight excluding hydrogens is 230 g/mol. The van der Waals surface area contributed by atoms with Gasteiger partial charge < -0.3 is 14.7 Å². The van der Waals surface area contributed by atoms with Crippen molar-refractivity contribution in [1.82, 2.24) is 4.90 Å². The number of nitrogens with zero attached hydrogens (tertiary/aromatic N) is 1. The standard InChI is InChI=1S/C14H19NO3/c1-15(2)14(17)7-8-18-11-4-5-12-10(9-11)3-6-13(12)16/h4-5,9,13,16H,3,6-8H2,1-2H3. The number of aliphatic hydroxyl groups excluding tert-OH is 1. The van der Waals surface area contributed by atoms with Gasteiger partial charge in [0.05, 0.1) is 19.1 Å². The van der Waals surface area contributed by atoms with Gasteiger partial charge in [0, 0.05) is 14.1 Å². The van der Waals surface area contributed by atoms with E-state index < -0.39 is 0 Å². The van der Waals surface area contributed by atoms with Crippen LogP contribution in [0.5, 0.6) is 5.75 Å². The summed E-state index contributed by atoms with van der Waals surface area (Å²) in [5.74, 6) is 0.834.